The molecule has 1 N–H and O–H groups in total. The number of hydrogen-bond acceptors (Lipinski definition) is 4. The van der Waals surface area contributed by atoms with Crippen molar-refractivity contribution in [2.24, 2.45) is 5.92 Å². The molecule has 1 aliphatic rings. The lowest BCUT2D eigenvalue weighted by Crippen LogP contribution is -2.19. The Labute approximate surface area is 165 Å². The normalized spacial score (nSPS) is 19.4. The van der Waals surface area contributed by atoms with Gasteiger partial charge in [0.15, 0.2) is 0 Å². The summed E-state index contributed by atoms with van der Waals surface area (Å²) in [6.45, 7) is 0. The molecule has 3 aromatic rings. The number of fused-ring (bicyclic) bond motifs is 1. The summed E-state index contributed by atoms with van der Waals surface area (Å²) in [6, 6.07) is 8.05. The molecule has 2 heterocycles. The fourth-order valence-corrected chi connectivity index (χ4v) is 3.79. The van der Waals surface area contributed by atoms with E-state index in [1.54, 1.807) is 18.2 Å². The topological polar surface area (TPSA) is 76.9 Å². The minimum atomic E-state index is -2.78. The number of aromatic nitrogens is 3. The lowest BCUT2D eigenvalue weighted by molar-refractivity contribution is -0.112. The molecule has 6 nitrogen and oxygen atoms in total. The van der Waals surface area contributed by atoms with Crippen LogP contribution in [-0.2, 0) is 4.79 Å². The zero-order valence-corrected chi connectivity index (χ0v) is 15.6. The van der Waals surface area contributed by atoms with Crippen molar-refractivity contribution in [2.45, 2.75) is 38.2 Å². The summed E-state index contributed by atoms with van der Waals surface area (Å²) in [5.41, 5.74) is 0.583. The maximum absolute atomic E-state index is 13.1. The van der Waals surface area contributed by atoms with Crippen molar-refractivity contribution in [3.63, 3.8) is 0 Å². The van der Waals surface area contributed by atoms with Gasteiger partial charge >= 0.3 is 0 Å². The molecule has 4 rings (SSSR count). The van der Waals surface area contributed by atoms with Crippen molar-refractivity contribution in [2.75, 3.05) is 5.32 Å². The molecule has 1 fully saturated rings. The Morgan fingerprint density at radius 1 is 1.21 bits per heavy atom. The molecule has 1 saturated carbocycles. The van der Waals surface area contributed by atoms with Gasteiger partial charge in [0.05, 0.1) is 11.6 Å². The van der Waals surface area contributed by atoms with Gasteiger partial charge in [-0.1, -0.05) is 0 Å². The predicted octanol–water partition coefficient (Wildman–Crippen LogP) is 4.55. The van der Waals surface area contributed by atoms with Crippen LogP contribution in [-0.4, -0.2) is 27.0 Å². The first-order chi connectivity index (χ1) is 14.0. The van der Waals surface area contributed by atoms with Crippen LogP contribution in [0.2, 0.25) is 0 Å². The Hall–Kier alpha value is -3.16. The van der Waals surface area contributed by atoms with E-state index in [2.05, 4.69) is 15.4 Å². The Morgan fingerprint density at radius 2 is 2.00 bits per heavy atom. The van der Waals surface area contributed by atoms with Gasteiger partial charge in [-0.2, -0.15) is 5.10 Å². The van der Waals surface area contributed by atoms with Crippen LogP contribution < -0.4 is 5.32 Å². The zero-order valence-electron chi connectivity index (χ0n) is 15.6. The molecule has 0 radical (unpaired) electrons. The van der Waals surface area contributed by atoms with E-state index in [0.717, 1.165) is 42.9 Å². The molecule has 0 atom stereocenters. The third kappa shape index (κ3) is 4.01. The summed E-state index contributed by atoms with van der Waals surface area (Å²) in [5.74, 6) is -0.539. The summed E-state index contributed by atoms with van der Waals surface area (Å²) in [7, 11) is 0. The van der Waals surface area contributed by atoms with Crippen molar-refractivity contribution in [3.8, 4) is 0 Å². The molecule has 1 aliphatic carbocycles. The van der Waals surface area contributed by atoms with Crippen molar-refractivity contribution in [1.82, 2.24) is 14.8 Å². The van der Waals surface area contributed by atoms with Gasteiger partial charge in [0.25, 0.3) is 12.3 Å². The van der Waals surface area contributed by atoms with Gasteiger partial charge in [0, 0.05) is 34.9 Å². The van der Waals surface area contributed by atoms with E-state index in [9.17, 15) is 18.4 Å². The van der Waals surface area contributed by atoms with Gasteiger partial charge in [-0.3, -0.25) is 14.5 Å². The summed E-state index contributed by atoms with van der Waals surface area (Å²) in [4.78, 5) is 27.2. The lowest BCUT2D eigenvalue weighted by Gasteiger charge is -2.25. The predicted molar refractivity (Wildman–Crippen MR) is 104 cm³/mol. The molecule has 0 saturated heterocycles. The van der Waals surface area contributed by atoms with Gasteiger partial charge in [-0.05, 0) is 56.0 Å². The molecule has 29 heavy (non-hydrogen) atoms. The van der Waals surface area contributed by atoms with E-state index in [4.69, 9.17) is 0 Å². The highest BCUT2D eigenvalue weighted by atomic mass is 19.3. The number of amides is 1. The van der Waals surface area contributed by atoms with Crippen LogP contribution in [0.1, 0.15) is 54.2 Å². The van der Waals surface area contributed by atoms with Crippen LogP contribution in [0.25, 0.3) is 10.9 Å². The Kier molecular flexibility index (Phi) is 5.33. The van der Waals surface area contributed by atoms with Crippen LogP contribution in [0, 0.1) is 5.92 Å². The van der Waals surface area contributed by atoms with E-state index in [1.165, 1.54) is 18.3 Å². The van der Waals surface area contributed by atoms with Crippen molar-refractivity contribution >= 4 is 28.8 Å². The standard InChI is InChI=1S/C21H20F2N4O2/c22-20(23)17-2-1-9-24-19(17)21(29)25-15-5-8-18-14(10-15)11-27(26-18)16-6-3-13(12-28)4-7-16/h1-2,5,8-13,16,20H,3-4,6-7H2,(H,25,29). The third-order valence-electron chi connectivity index (χ3n) is 5.38. The summed E-state index contributed by atoms with van der Waals surface area (Å²) in [5, 5.41) is 8.09. The fraction of sp³-hybridized carbons (Fsp3) is 0.333. The highest BCUT2D eigenvalue weighted by molar-refractivity contribution is 6.04. The van der Waals surface area contributed by atoms with E-state index in [0.29, 0.717) is 5.69 Å². The van der Waals surface area contributed by atoms with Gasteiger partial charge in [0.2, 0.25) is 0 Å². The van der Waals surface area contributed by atoms with Gasteiger partial charge in [-0.15, -0.1) is 0 Å². The van der Waals surface area contributed by atoms with E-state index >= 15 is 0 Å². The quantitative estimate of drug-likeness (QED) is 0.640. The zero-order chi connectivity index (χ0) is 20.4. The van der Waals surface area contributed by atoms with Gasteiger partial charge in [-0.25, -0.2) is 8.78 Å². The van der Waals surface area contributed by atoms with Crippen LogP contribution in [0.4, 0.5) is 14.5 Å². The average molecular weight is 398 g/mol. The summed E-state index contributed by atoms with van der Waals surface area (Å²) >= 11 is 0. The SMILES string of the molecule is O=CC1CCC(n2cc3cc(NC(=O)c4ncccc4C(F)F)ccc3n2)CC1. The van der Waals surface area contributed by atoms with Crippen molar-refractivity contribution in [1.29, 1.82) is 0 Å². The first-order valence-electron chi connectivity index (χ1n) is 9.54. The molecule has 0 unspecified atom stereocenters. The molecule has 1 amide bonds. The van der Waals surface area contributed by atoms with Gasteiger partial charge < -0.3 is 10.1 Å². The number of aldehydes is 1. The monoisotopic (exact) mass is 398 g/mol. The molecule has 0 aliphatic heterocycles. The summed E-state index contributed by atoms with van der Waals surface area (Å²) < 4.78 is 28.1. The number of pyridine rings is 1. The highest BCUT2D eigenvalue weighted by Gasteiger charge is 2.23. The number of alkyl halides is 2. The Morgan fingerprint density at radius 3 is 2.72 bits per heavy atom. The fourth-order valence-electron chi connectivity index (χ4n) is 3.79. The molecule has 150 valence electrons. The van der Waals surface area contributed by atoms with Gasteiger partial charge in [0.1, 0.15) is 12.0 Å². The Balaban J connectivity index is 1.52. The number of halogens is 2. The number of hydrogen-bond donors (Lipinski definition) is 1. The number of rotatable bonds is 5. The lowest BCUT2D eigenvalue weighted by atomic mass is 9.87. The number of nitrogens with one attached hydrogen (secondary N) is 1. The van der Waals surface area contributed by atoms with Crippen LogP contribution in [0.5, 0.6) is 0 Å². The molecule has 1 aromatic carbocycles. The minimum Gasteiger partial charge on any atom is -0.321 e. The second-order valence-corrected chi connectivity index (χ2v) is 7.28. The smallest absolute Gasteiger partial charge is 0.274 e. The largest absolute Gasteiger partial charge is 0.321 e. The maximum Gasteiger partial charge on any atom is 0.274 e. The third-order valence-corrected chi connectivity index (χ3v) is 5.38. The number of benzene rings is 1. The first kappa shape index (κ1) is 19.2. The van der Waals surface area contributed by atoms with Crippen LogP contribution in [0.3, 0.4) is 0 Å². The van der Waals surface area contributed by atoms with E-state index in [1.807, 2.05) is 10.9 Å². The highest BCUT2D eigenvalue weighted by Crippen LogP contribution is 2.32. The van der Waals surface area contributed by atoms with Crippen LogP contribution >= 0.6 is 0 Å². The number of anilines is 1. The molecule has 2 aromatic heterocycles. The first-order valence-corrected chi connectivity index (χ1v) is 9.54. The van der Waals surface area contributed by atoms with Crippen molar-refractivity contribution < 1.29 is 18.4 Å². The Bertz CT molecular complexity index is 1040. The second-order valence-electron chi connectivity index (χ2n) is 7.28. The molecule has 8 heteroatoms. The van der Waals surface area contributed by atoms with Crippen LogP contribution in [0.15, 0.2) is 42.7 Å². The maximum atomic E-state index is 13.1. The molecule has 0 bridgehead atoms. The minimum absolute atomic E-state index is 0.141. The average Bonchev–Trinajstić information content (AvgIpc) is 3.17. The van der Waals surface area contributed by atoms with Crippen molar-refractivity contribution in [3.05, 3.63) is 54.0 Å². The molecule has 0 spiro atoms. The summed E-state index contributed by atoms with van der Waals surface area (Å²) in [6.07, 6.45) is 5.01. The van der Waals surface area contributed by atoms with E-state index in [-0.39, 0.29) is 17.7 Å². The number of carbonyl (C=O) groups excluding carboxylic acids is 2. The van der Waals surface area contributed by atoms with E-state index < -0.39 is 17.9 Å². The number of carbonyl (C=O) groups is 2. The second kappa shape index (κ2) is 8.06. The number of nitrogens with zero attached hydrogens (tertiary/aromatic N) is 3. The molecular formula is C21H20F2N4O2. The molecular weight excluding hydrogens is 378 g/mol.